The number of carbonyl (C=O) groups excluding carboxylic acids is 1. The first-order valence-electron chi connectivity index (χ1n) is 9.44. The van der Waals surface area contributed by atoms with E-state index in [0.29, 0.717) is 6.61 Å². The molecule has 6 nitrogen and oxygen atoms in total. The summed E-state index contributed by atoms with van der Waals surface area (Å²) in [5, 5.41) is 6.05. The minimum atomic E-state index is -0.0729. The second-order valence-electron chi connectivity index (χ2n) is 6.70. The second-order valence-corrected chi connectivity index (χ2v) is 6.70. The SMILES string of the molecule is CCOc1ccc(NCC(=O)Nc2ccc(N3CCN(C)CC3)cc2)cc1. The Labute approximate surface area is 161 Å². The molecule has 0 bridgehead atoms. The molecule has 2 aromatic carbocycles. The maximum absolute atomic E-state index is 12.2. The van der Waals surface area contributed by atoms with E-state index in [1.54, 1.807) is 0 Å². The molecule has 1 aliphatic heterocycles. The molecule has 27 heavy (non-hydrogen) atoms. The number of ether oxygens (including phenoxy) is 1. The van der Waals surface area contributed by atoms with Crippen molar-refractivity contribution in [3.8, 4) is 5.75 Å². The zero-order chi connectivity index (χ0) is 19.1. The lowest BCUT2D eigenvalue weighted by molar-refractivity contribution is -0.114. The van der Waals surface area contributed by atoms with Crippen LogP contribution in [0, 0.1) is 0 Å². The summed E-state index contributed by atoms with van der Waals surface area (Å²) in [7, 11) is 2.15. The molecular formula is C21H28N4O2. The van der Waals surface area contributed by atoms with Gasteiger partial charge in [0.1, 0.15) is 5.75 Å². The highest BCUT2D eigenvalue weighted by Gasteiger charge is 2.14. The summed E-state index contributed by atoms with van der Waals surface area (Å²) >= 11 is 0. The summed E-state index contributed by atoms with van der Waals surface area (Å²) in [6, 6.07) is 15.7. The number of piperazine rings is 1. The lowest BCUT2D eigenvalue weighted by Crippen LogP contribution is -2.44. The smallest absolute Gasteiger partial charge is 0.243 e. The summed E-state index contributed by atoms with van der Waals surface area (Å²) in [5.41, 5.74) is 2.90. The highest BCUT2D eigenvalue weighted by atomic mass is 16.5. The van der Waals surface area contributed by atoms with Crippen LogP contribution >= 0.6 is 0 Å². The topological polar surface area (TPSA) is 56.8 Å². The highest BCUT2D eigenvalue weighted by Crippen LogP contribution is 2.19. The summed E-state index contributed by atoms with van der Waals surface area (Å²) in [6.45, 7) is 7.04. The maximum Gasteiger partial charge on any atom is 0.243 e. The van der Waals surface area contributed by atoms with Crippen LogP contribution in [0.15, 0.2) is 48.5 Å². The standard InChI is InChI=1S/C21H28N4O2/c1-3-27-20-10-6-17(7-11-20)22-16-21(26)23-18-4-8-19(9-5-18)25-14-12-24(2)13-15-25/h4-11,22H,3,12-16H2,1-2H3,(H,23,26). The van der Waals surface area contributed by atoms with E-state index in [4.69, 9.17) is 4.74 Å². The van der Waals surface area contributed by atoms with Crippen LogP contribution in [-0.4, -0.2) is 57.2 Å². The van der Waals surface area contributed by atoms with Gasteiger partial charge in [0.2, 0.25) is 5.91 Å². The molecule has 1 amide bonds. The number of likely N-dealkylation sites (N-methyl/N-ethyl adjacent to an activating group) is 1. The second kappa shape index (κ2) is 9.28. The third kappa shape index (κ3) is 5.62. The van der Waals surface area contributed by atoms with Gasteiger partial charge in [0.05, 0.1) is 13.2 Å². The molecule has 3 rings (SSSR count). The van der Waals surface area contributed by atoms with Crippen LogP contribution in [0.4, 0.5) is 17.1 Å². The lowest BCUT2D eigenvalue weighted by atomic mass is 10.2. The Kier molecular flexibility index (Phi) is 6.54. The van der Waals surface area contributed by atoms with Gasteiger partial charge in [0.15, 0.2) is 0 Å². The molecule has 1 aliphatic rings. The minimum Gasteiger partial charge on any atom is -0.494 e. The molecule has 2 aromatic rings. The van der Waals surface area contributed by atoms with E-state index in [9.17, 15) is 4.79 Å². The quantitative estimate of drug-likeness (QED) is 0.787. The average molecular weight is 368 g/mol. The van der Waals surface area contributed by atoms with Gasteiger partial charge in [-0.15, -0.1) is 0 Å². The number of hydrogen-bond acceptors (Lipinski definition) is 5. The fraction of sp³-hybridized carbons (Fsp3) is 0.381. The van der Waals surface area contributed by atoms with Crippen molar-refractivity contribution in [2.75, 3.05) is 61.9 Å². The van der Waals surface area contributed by atoms with Gasteiger partial charge in [-0.25, -0.2) is 0 Å². The number of benzene rings is 2. The Hall–Kier alpha value is -2.73. The Balaban J connectivity index is 1.46. The number of nitrogens with zero attached hydrogens (tertiary/aromatic N) is 2. The van der Waals surface area contributed by atoms with Gasteiger partial charge < -0.3 is 25.2 Å². The minimum absolute atomic E-state index is 0.0729. The van der Waals surface area contributed by atoms with Crippen LogP contribution < -0.4 is 20.3 Å². The van der Waals surface area contributed by atoms with Gasteiger partial charge in [0, 0.05) is 43.2 Å². The molecule has 0 aliphatic carbocycles. The van der Waals surface area contributed by atoms with Crippen LogP contribution in [0.1, 0.15) is 6.92 Å². The van der Waals surface area contributed by atoms with Crippen molar-refractivity contribution in [2.24, 2.45) is 0 Å². The van der Waals surface area contributed by atoms with Crippen LogP contribution in [0.3, 0.4) is 0 Å². The molecule has 6 heteroatoms. The molecule has 0 radical (unpaired) electrons. The summed E-state index contributed by atoms with van der Waals surface area (Å²) in [6.07, 6.45) is 0. The molecule has 0 spiro atoms. The predicted octanol–water partition coefficient (Wildman–Crippen LogP) is 2.89. The van der Waals surface area contributed by atoms with Gasteiger partial charge in [0.25, 0.3) is 0 Å². The van der Waals surface area contributed by atoms with Crippen molar-refractivity contribution in [2.45, 2.75) is 6.92 Å². The summed E-state index contributed by atoms with van der Waals surface area (Å²) < 4.78 is 5.41. The van der Waals surface area contributed by atoms with E-state index >= 15 is 0 Å². The zero-order valence-corrected chi connectivity index (χ0v) is 16.1. The van der Waals surface area contributed by atoms with Crippen molar-refractivity contribution in [1.29, 1.82) is 0 Å². The third-order valence-electron chi connectivity index (χ3n) is 4.64. The van der Waals surface area contributed by atoms with Gasteiger partial charge in [-0.3, -0.25) is 4.79 Å². The van der Waals surface area contributed by atoms with Crippen molar-refractivity contribution in [3.05, 3.63) is 48.5 Å². The molecule has 0 unspecified atom stereocenters. The van der Waals surface area contributed by atoms with Crippen molar-refractivity contribution in [3.63, 3.8) is 0 Å². The van der Waals surface area contributed by atoms with E-state index in [-0.39, 0.29) is 12.5 Å². The Bertz CT molecular complexity index is 723. The Morgan fingerprint density at radius 3 is 2.22 bits per heavy atom. The maximum atomic E-state index is 12.2. The molecule has 0 saturated carbocycles. The monoisotopic (exact) mass is 368 g/mol. The Morgan fingerprint density at radius 1 is 0.963 bits per heavy atom. The van der Waals surface area contributed by atoms with Crippen molar-refractivity contribution in [1.82, 2.24) is 4.90 Å². The van der Waals surface area contributed by atoms with E-state index in [0.717, 1.165) is 43.3 Å². The normalized spacial score (nSPS) is 14.7. The molecule has 144 valence electrons. The number of hydrogen-bond donors (Lipinski definition) is 2. The summed E-state index contributed by atoms with van der Waals surface area (Å²) in [5.74, 6) is 0.754. The zero-order valence-electron chi connectivity index (χ0n) is 16.1. The van der Waals surface area contributed by atoms with Gasteiger partial charge >= 0.3 is 0 Å². The first-order valence-corrected chi connectivity index (χ1v) is 9.44. The fourth-order valence-electron chi connectivity index (χ4n) is 3.04. The van der Waals surface area contributed by atoms with E-state index < -0.39 is 0 Å². The van der Waals surface area contributed by atoms with Crippen molar-refractivity contribution >= 4 is 23.0 Å². The number of carbonyl (C=O) groups is 1. The summed E-state index contributed by atoms with van der Waals surface area (Å²) in [4.78, 5) is 16.9. The van der Waals surface area contributed by atoms with Gasteiger partial charge in [-0.05, 0) is 62.5 Å². The first-order chi connectivity index (χ1) is 13.1. The molecule has 1 heterocycles. The first kappa shape index (κ1) is 19.0. The molecule has 0 aromatic heterocycles. The van der Waals surface area contributed by atoms with Gasteiger partial charge in [-0.1, -0.05) is 0 Å². The number of anilines is 3. The Morgan fingerprint density at radius 2 is 1.59 bits per heavy atom. The largest absolute Gasteiger partial charge is 0.494 e. The molecule has 2 N–H and O–H groups in total. The molecule has 0 atom stereocenters. The van der Waals surface area contributed by atoms with E-state index in [1.165, 1.54) is 5.69 Å². The average Bonchev–Trinajstić information content (AvgIpc) is 2.69. The fourth-order valence-corrected chi connectivity index (χ4v) is 3.04. The van der Waals surface area contributed by atoms with Crippen LogP contribution in [0.5, 0.6) is 5.75 Å². The lowest BCUT2D eigenvalue weighted by Gasteiger charge is -2.34. The van der Waals surface area contributed by atoms with Gasteiger partial charge in [-0.2, -0.15) is 0 Å². The number of nitrogens with one attached hydrogen (secondary N) is 2. The van der Waals surface area contributed by atoms with Crippen LogP contribution in [-0.2, 0) is 4.79 Å². The predicted molar refractivity (Wildman–Crippen MR) is 111 cm³/mol. The highest BCUT2D eigenvalue weighted by molar-refractivity contribution is 5.93. The molecule has 1 saturated heterocycles. The van der Waals surface area contributed by atoms with Crippen LogP contribution in [0.2, 0.25) is 0 Å². The van der Waals surface area contributed by atoms with E-state index in [2.05, 4.69) is 39.6 Å². The third-order valence-corrected chi connectivity index (χ3v) is 4.64. The van der Waals surface area contributed by atoms with E-state index in [1.807, 2.05) is 43.3 Å². The number of rotatable bonds is 7. The van der Waals surface area contributed by atoms with Crippen molar-refractivity contribution < 1.29 is 9.53 Å². The molecular weight excluding hydrogens is 340 g/mol. The number of amides is 1. The van der Waals surface area contributed by atoms with Crippen LogP contribution in [0.25, 0.3) is 0 Å². The molecule has 1 fully saturated rings.